The van der Waals surface area contributed by atoms with Gasteiger partial charge in [0.25, 0.3) is 0 Å². The molecule has 0 amide bonds. The molecule has 0 saturated heterocycles. The van der Waals surface area contributed by atoms with Crippen LogP contribution in [0.1, 0.15) is 37.3 Å². The minimum atomic E-state index is 0.502. The minimum Gasteiger partial charge on any atom is -0.491 e. The zero-order valence-electron chi connectivity index (χ0n) is 16.7. The van der Waals surface area contributed by atoms with E-state index in [1.54, 1.807) is 0 Å². The van der Waals surface area contributed by atoms with Crippen LogP contribution in [0.5, 0.6) is 11.5 Å². The Balaban J connectivity index is 1.48. The van der Waals surface area contributed by atoms with E-state index in [2.05, 4.69) is 49.5 Å². The Morgan fingerprint density at radius 3 is 2.46 bits per heavy atom. The number of hydrogen-bond acceptors (Lipinski definition) is 3. The third-order valence-electron chi connectivity index (χ3n) is 4.83. The fourth-order valence-electron chi connectivity index (χ4n) is 3.03. The second kappa shape index (κ2) is 10.4. The molecule has 0 saturated carbocycles. The van der Waals surface area contributed by atoms with Crippen LogP contribution in [0.25, 0.3) is 0 Å². The highest BCUT2D eigenvalue weighted by Crippen LogP contribution is 2.28. The molecule has 0 aromatic heterocycles. The molecule has 146 valence electrons. The first kappa shape index (κ1) is 19.8. The first-order valence-electron chi connectivity index (χ1n) is 9.98. The lowest BCUT2D eigenvalue weighted by Gasteiger charge is -2.16. The SMILES string of the molecule is CCC(C)c1ccccc1OCCNc1cccc(OCc2ccccc2)c1. The van der Waals surface area contributed by atoms with Crippen LogP contribution >= 0.6 is 0 Å². The molecule has 3 aromatic rings. The van der Waals surface area contributed by atoms with Crippen LogP contribution in [-0.4, -0.2) is 13.2 Å². The summed E-state index contributed by atoms with van der Waals surface area (Å²) in [7, 11) is 0. The summed E-state index contributed by atoms with van der Waals surface area (Å²) < 4.78 is 11.9. The Labute approximate surface area is 168 Å². The van der Waals surface area contributed by atoms with Gasteiger partial charge in [-0.15, -0.1) is 0 Å². The van der Waals surface area contributed by atoms with E-state index < -0.39 is 0 Å². The van der Waals surface area contributed by atoms with Crippen molar-refractivity contribution in [2.45, 2.75) is 32.8 Å². The Morgan fingerprint density at radius 1 is 0.857 bits per heavy atom. The molecule has 0 radical (unpaired) electrons. The van der Waals surface area contributed by atoms with Crippen LogP contribution < -0.4 is 14.8 Å². The third kappa shape index (κ3) is 5.78. The van der Waals surface area contributed by atoms with Gasteiger partial charge in [0.05, 0.1) is 0 Å². The van der Waals surface area contributed by atoms with Gasteiger partial charge in [0.2, 0.25) is 0 Å². The summed E-state index contributed by atoms with van der Waals surface area (Å²) in [5.41, 5.74) is 3.47. The van der Waals surface area contributed by atoms with Crippen molar-refractivity contribution in [2.75, 3.05) is 18.5 Å². The van der Waals surface area contributed by atoms with Gasteiger partial charge in [0.1, 0.15) is 24.7 Å². The van der Waals surface area contributed by atoms with Gasteiger partial charge in [-0.25, -0.2) is 0 Å². The highest BCUT2D eigenvalue weighted by Gasteiger charge is 2.09. The lowest BCUT2D eigenvalue weighted by atomic mass is 9.98. The topological polar surface area (TPSA) is 30.5 Å². The number of para-hydroxylation sites is 1. The van der Waals surface area contributed by atoms with Crippen molar-refractivity contribution in [3.8, 4) is 11.5 Å². The lowest BCUT2D eigenvalue weighted by Crippen LogP contribution is -2.12. The van der Waals surface area contributed by atoms with Crippen LogP contribution in [0, 0.1) is 0 Å². The van der Waals surface area contributed by atoms with E-state index in [-0.39, 0.29) is 0 Å². The number of benzene rings is 3. The zero-order valence-corrected chi connectivity index (χ0v) is 16.7. The molecule has 1 atom stereocenters. The first-order chi connectivity index (χ1) is 13.8. The third-order valence-corrected chi connectivity index (χ3v) is 4.83. The molecule has 3 heteroatoms. The molecule has 3 rings (SSSR count). The van der Waals surface area contributed by atoms with E-state index in [4.69, 9.17) is 9.47 Å². The van der Waals surface area contributed by atoms with Crippen LogP contribution in [0.3, 0.4) is 0 Å². The first-order valence-corrected chi connectivity index (χ1v) is 9.98. The van der Waals surface area contributed by atoms with Gasteiger partial charge in [-0.3, -0.25) is 0 Å². The average molecular weight is 376 g/mol. The standard InChI is InChI=1S/C25H29NO2/c1-3-20(2)24-14-7-8-15-25(24)27-17-16-26-22-12-9-13-23(18-22)28-19-21-10-5-4-6-11-21/h4-15,18,20,26H,3,16-17,19H2,1-2H3. The normalized spacial score (nSPS) is 11.6. The quantitative estimate of drug-likeness (QED) is 0.424. The Hall–Kier alpha value is -2.94. The molecule has 0 aliphatic rings. The largest absolute Gasteiger partial charge is 0.491 e. The van der Waals surface area contributed by atoms with E-state index >= 15 is 0 Å². The fraction of sp³-hybridized carbons (Fsp3) is 0.280. The van der Waals surface area contributed by atoms with E-state index in [1.807, 2.05) is 48.5 Å². The number of anilines is 1. The maximum absolute atomic E-state index is 6.02. The Kier molecular flexibility index (Phi) is 7.36. The molecular weight excluding hydrogens is 346 g/mol. The number of hydrogen-bond donors (Lipinski definition) is 1. The molecular formula is C25H29NO2. The minimum absolute atomic E-state index is 0.502. The maximum atomic E-state index is 6.02. The summed E-state index contributed by atoms with van der Waals surface area (Å²) in [6.45, 7) is 6.36. The maximum Gasteiger partial charge on any atom is 0.122 e. The van der Waals surface area contributed by atoms with E-state index in [0.717, 1.165) is 35.7 Å². The van der Waals surface area contributed by atoms with Gasteiger partial charge >= 0.3 is 0 Å². The van der Waals surface area contributed by atoms with Gasteiger partial charge in [-0.05, 0) is 41.7 Å². The molecule has 0 fully saturated rings. The van der Waals surface area contributed by atoms with Crippen molar-refractivity contribution >= 4 is 5.69 Å². The second-order valence-corrected chi connectivity index (χ2v) is 6.92. The molecule has 0 aliphatic carbocycles. The van der Waals surface area contributed by atoms with Gasteiger partial charge in [-0.2, -0.15) is 0 Å². The number of ether oxygens (including phenoxy) is 2. The van der Waals surface area contributed by atoms with Crippen LogP contribution in [-0.2, 0) is 6.61 Å². The highest BCUT2D eigenvalue weighted by molar-refractivity contribution is 5.48. The second-order valence-electron chi connectivity index (χ2n) is 6.92. The van der Waals surface area contributed by atoms with Crippen molar-refractivity contribution in [1.82, 2.24) is 0 Å². The molecule has 0 bridgehead atoms. The van der Waals surface area contributed by atoms with E-state index in [0.29, 0.717) is 19.1 Å². The molecule has 3 nitrogen and oxygen atoms in total. The molecule has 1 unspecified atom stereocenters. The van der Waals surface area contributed by atoms with Crippen molar-refractivity contribution in [2.24, 2.45) is 0 Å². The number of rotatable bonds is 10. The summed E-state index contributed by atoms with van der Waals surface area (Å²) in [6.07, 6.45) is 1.11. The Morgan fingerprint density at radius 2 is 1.64 bits per heavy atom. The van der Waals surface area contributed by atoms with Gasteiger partial charge in [0, 0.05) is 18.3 Å². The predicted octanol–water partition coefficient (Wildman–Crippen LogP) is 6.27. The zero-order chi connectivity index (χ0) is 19.6. The molecule has 0 heterocycles. The summed E-state index contributed by atoms with van der Waals surface area (Å²) in [6, 6.07) is 26.6. The molecule has 0 spiro atoms. The van der Waals surface area contributed by atoms with Crippen LogP contribution in [0.15, 0.2) is 78.9 Å². The van der Waals surface area contributed by atoms with Crippen LogP contribution in [0.4, 0.5) is 5.69 Å². The summed E-state index contributed by atoms with van der Waals surface area (Å²) in [5, 5.41) is 3.41. The smallest absolute Gasteiger partial charge is 0.122 e. The fourth-order valence-corrected chi connectivity index (χ4v) is 3.03. The van der Waals surface area contributed by atoms with E-state index in [9.17, 15) is 0 Å². The van der Waals surface area contributed by atoms with Crippen molar-refractivity contribution in [3.05, 3.63) is 90.0 Å². The number of nitrogens with one attached hydrogen (secondary N) is 1. The molecule has 28 heavy (non-hydrogen) atoms. The molecule has 3 aromatic carbocycles. The van der Waals surface area contributed by atoms with Crippen molar-refractivity contribution < 1.29 is 9.47 Å². The van der Waals surface area contributed by atoms with Crippen molar-refractivity contribution in [1.29, 1.82) is 0 Å². The monoisotopic (exact) mass is 375 g/mol. The predicted molar refractivity (Wildman–Crippen MR) is 116 cm³/mol. The van der Waals surface area contributed by atoms with E-state index in [1.165, 1.54) is 5.56 Å². The van der Waals surface area contributed by atoms with Crippen LogP contribution in [0.2, 0.25) is 0 Å². The average Bonchev–Trinajstić information content (AvgIpc) is 2.76. The Bertz CT molecular complexity index is 848. The molecule has 1 N–H and O–H groups in total. The van der Waals surface area contributed by atoms with Gasteiger partial charge in [0.15, 0.2) is 0 Å². The van der Waals surface area contributed by atoms with Gasteiger partial charge in [-0.1, -0.05) is 68.4 Å². The summed E-state index contributed by atoms with van der Waals surface area (Å²) in [4.78, 5) is 0. The van der Waals surface area contributed by atoms with Gasteiger partial charge < -0.3 is 14.8 Å². The lowest BCUT2D eigenvalue weighted by molar-refractivity contribution is 0.306. The highest BCUT2D eigenvalue weighted by atomic mass is 16.5. The van der Waals surface area contributed by atoms with Crippen molar-refractivity contribution in [3.63, 3.8) is 0 Å². The molecule has 0 aliphatic heterocycles. The summed E-state index contributed by atoms with van der Waals surface area (Å²) in [5.74, 6) is 2.35. The summed E-state index contributed by atoms with van der Waals surface area (Å²) >= 11 is 0.